The Bertz CT molecular complexity index is 1410. The van der Waals surface area contributed by atoms with Crippen LogP contribution >= 0.6 is 0 Å². The number of aryl methyl sites for hydroxylation is 2. The number of hydrogen-bond donors (Lipinski definition) is 1. The normalized spacial score (nSPS) is 11.4. The van der Waals surface area contributed by atoms with E-state index in [0.29, 0.717) is 22.8 Å². The molecule has 0 spiro atoms. The minimum absolute atomic E-state index is 0.0772. The Labute approximate surface area is 180 Å². The molecule has 0 aliphatic heterocycles. The minimum Gasteiger partial charge on any atom is -0.487 e. The van der Waals surface area contributed by atoms with Crippen LogP contribution in [0.3, 0.4) is 0 Å². The van der Waals surface area contributed by atoms with Crippen molar-refractivity contribution in [2.45, 2.75) is 25.3 Å². The third-order valence-corrected chi connectivity index (χ3v) is 6.06. The summed E-state index contributed by atoms with van der Waals surface area (Å²) in [6.07, 6.45) is 1.74. The predicted molar refractivity (Wildman–Crippen MR) is 119 cm³/mol. The summed E-state index contributed by atoms with van der Waals surface area (Å²) in [5.41, 5.74) is 3.15. The summed E-state index contributed by atoms with van der Waals surface area (Å²) >= 11 is 0. The lowest BCUT2D eigenvalue weighted by atomic mass is 10.2. The van der Waals surface area contributed by atoms with Crippen LogP contribution in [0, 0.1) is 13.8 Å². The van der Waals surface area contributed by atoms with E-state index in [4.69, 9.17) is 4.74 Å². The summed E-state index contributed by atoms with van der Waals surface area (Å²) in [6.45, 7) is 3.88. The van der Waals surface area contributed by atoms with Crippen molar-refractivity contribution in [1.29, 1.82) is 0 Å². The van der Waals surface area contributed by atoms with Gasteiger partial charge in [0.2, 0.25) is 0 Å². The molecule has 7 nitrogen and oxygen atoms in total. The number of aromatic nitrogens is 2. The molecule has 4 rings (SSSR count). The highest BCUT2D eigenvalue weighted by molar-refractivity contribution is 7.92. The minimum atomic E-state index is -3.71. The first-order valence-electron chi connectivity index (χ1n) is 9.61. The first-order valence-corrected chi connectivity index (χ1v) is 11.1. The first-order chi connectivity index (χ1) is 14.8. The topological polar surface area (TPSA) is 89.8 Å². The number of nitrogens with zero attached hydrogens (tertiary/aromatic N) is 2. The molecular formula is C23H21N3O4S. The zero-order valence-electron chi connectivity index (χ0n) is 17.1. The van der Waals surface area contributed by atoms with Gasteiger partial charge in [-0.3, -0.25) is 13.9 Å². The van der Waals surface area contributed by atoms with Crippen molar-refractivity contribution >= 4 is 21.4 Å². The van der Waals surface area contributed by atoms with Gasteiger partial charge in [-0.05, 0) is 49.7 Å². The van der Waals surface area contributed by atoms with Gasteiger partial charge in [-0.1, -0.05) is 29.8 Å². The van der Waals surface area contributed by atoms with Crippen molar-refractivity contribution in [3.8, 4) is 5.75 Å². The maximum atomic E-state index is 12.6. The van der Waals surface area contributed by atoms with Gasteiger partial charge in [0.1, 0.15) is 18.0 Å². The number of pyridine rings is 1. The van der Waals surface area contributed by atoms with Crippen LogP contribution in [0.15, 0.2) is 82.6 Å². The average Bonchev–Trinajstić information content (AvgIpc) is 2.73. The molecule has 0 atom stereocenters. The molecule has 0 unspecified atom stereocenters. The lowest BCUT2D eigenvalue weighted by Crippen LogP contribution is -2.16. The number of benzene rings is 2. The molecule has 0 bridgehead atoms. The van der Waals surface area contributed by atoms with Crippen LogP contribution < -0.4 is 15.0 Å². The molecule has 31 heavy (non-hydrogen) atoms. The van der Waals surface area contributed by atoms with Gasteiger partial charge in [0.05, 0.1) is 16.3 Å². The summed E-state index contributed by atoms with van der Waals surface area (Å²) < 4.78 is 35.0. The van der Waals surface area contributed by atoms with Gasteiger partial charge in [-0.15, -0.1) is 0 Å². The molecule has 1 N–H and O–H groups in total. The Balaban J connectivity index is 1.50. The smallest absolute Gasteiger partial charge is 0.261 e. The van der Waals surface area contributed by atoms with E-state index >= 15 is 0 Å². The third kappa shape index (κ3) is 4.75. The second kappa shape index (κ2) is 8.23. The summed E-state index contributed by atoms with van der Waals surface area (Å²) in [7, 11) is -3.71. The van der Waals surface area contributed by atoms with Crippen molar-refractivity contribution in [2.24, 2.45) is 0 Å². The first kappa shape index (κ1) is 20.6. The van der Waals surface area contributed by atoms with Gasteiger partial charge >= 0.3 is 0 Å². The molecule has 0 aliphatic rings. The molecule has 2 aromatic heterocycles. The average molecular weight is 436 g/mol. The Kier molecular flexibility index (Phi) is 5.48. The number of sulfonamides is 1. The number of hydrogen-bond acceptors (Lipinski definition) is 5. The lowest BCUT2D eigenvalue weighted by molar-refractivity contribution is 0.301. The van der Waals surface area contributed by atoms with E-state index in [1.807, 2.05) is 19.9 Å². The molecule has 2 aromatic carbocycles. The number of ether oxygens (including phenoxy) is 1. The van der Waals surface area contributed by atoms with Crippen molar-refractivity contribution in [1.82, 2.24) is 9.38 Å². The van der Waals surface area contributed by atoms with Crippen LogP contribution in [0.1, 0.15) is 16.8 Å². The summed E-state index contributed by atoms with van der Waals surface area (Å²) in [4.78, 5) is 16.9. The van der Waals surface area contributed by atoms with Crippen LogP contribution in [0.4, 0.5) is 5.69 Å². The Hall–Kier alpha value is -3.65. The fourth-order valence-corrected chi connectivity index (χ4v) is 4.12. The number of fused-ring (bicyclic) bond motifs is 1. The molecule has 0 aliphatic carbocycles. The Morgan fingerprint density at radius 3 is 2.48 bits per heavy atom. The fraction of sp³-hybridized carbons (Fsp3) is 0.130. The standard InChI is InChI=1S/C23H21N3O4S/c1-16-6-9-21(10-7-16)31(28,29)25-18-4-3-5-20(12-18)30-15-19-13-23(27)26-14-17(2)8-11-22(26)24-19/h3-14,25H,15H2,1-2H3. The maximum Gasteiger partial charge on any atom is 0.261 e. The van der Waals surface area contributed by atoms with Crippen LogP contribution in [-0.2, 0) is 16.6 Å². The highest BCUT2D eigenvalue weighted by atomic mass is 32.2. The van der Waals surface area contributed by atoms with Gasteiger partial charge in [0.15, 0.2) is 0 Å². The van der Waals surface area contributed by atoms with Crippen LogP contribution in [0.5, 0.6) is 5.75 Å². The van der Waals surface area contributed by atoms with Crippen LogP contribution in [0.25, 0.3) is 5.65 Å². The zero-order chi connectivity index (χ0) is 22.0. The number of anilines is 1. The summed E-state index contributed by atoms with van der Waals surface area (Å²) in [6, 6.07) is 18.3. The molecule has 8 heteroatoms. The van der Waals surface area contributed by atoms with Gasteiger partial charge in [-0.25, -0.2) is 13.4 Å². The monoisotopic (exact) mass is 435 g/mol. The molecule has 158 valence electrons. The zero-order valence-corrected chi connectivity index (χ0v) is 17.9. The van der Waals surface area contributed by atoms with Gasteiger partial charge < -0.3 is 4.74 Å². The highest BCUT2D eigenvalue weighted by Gasteiger charge is 2.14. The second-order valence-electron chi connectivity index (χ2n) is 7.26. The second-order valence-corrected chi connectivity index (χ2v) is 8.94. The lowest BCUT2D eigenvalue weighted by Gasteiger charge is -2.11. The quantitative estimate of drug-likeness (QED) is 0.499. The van der Waals surface area contributed by atoms with E-state index in [1.54, 1.807) is 60.8 Å². The Morgan fingerprint density at radius 2 is 1.71 bits per heavy atom. The van der Waals surface area contributed by atoms with E-state index < -0.39 is 10.0 Å². The molecule has 4 aromatic rings. The van der Waals surface area contributed by atoms with E-state index in [-0.39, 0.29) is 17.1 Å². The van der Waals surface area contributed by atoms with Gasteiger partial charge in [0.25, 0.3) is 15.6 Å². The predicted octanol–water partition coefficient (Wildman–Crippen LogP) is 3.69. The molecule has 0 saturated heterocycles. The number of nitrogens with one attached hydrogen (secondary N) is 1. The van der Waals surface area contributed by atoms with E-state index in [2.05, 4.69) is 9.71 Å². The fourth-order valence-electron chi connectivity index (χ4n) is 3.07. The molecule has 0 radical (unpaired) electrons. The molecule has 0 amide bonds. The summed E-state index contributed by atoms with van der Waals surface area (Å²) in [5.74, 6) is 0.454. The summed E-state index contributed by atoms with van der Waals surface area (Å²) in [5, 5.41) is 0. The molecular weight excluding hydrogens is 414 g/mol. The van der Waals surface area contributed by atoms with Gasteiger partial charge in [-0.2, -0.15) is 0 Å². The molecule has 2 heterocycles. The molecule has 0 saturated carbocycles. The molecule has 0 fully saturated rings. The van der Waals surface area contributed by atoms with Crippen LogP contribution in [0.2, 0.25) is 0 Å². The van der Waals surface area contributed by atoms with E-state index in [1.165, 1.54) is 10.5 Å². The maximum absolute atomic E-state index is 12.6. The SMILES string of the molecule is Cc1ccc(S(=O)(=O)Nc2cccc(OCc3cc(=O)n4cc(C)ccc4n3)c2)cc1. The van der Waals surface area contributed by atoms with Crippen molar-refractivity contribution < 1.29 is 13.2 Å². The van der Waals surface area contributed by atoms with Crippen LogP contribution in [-0.4, -0.2) is 17.8 Å². The van der Waals surface area contributed by atoms with E-state index in [9.17, 15) is 13.2 Å². The Morgan fingerprint density at radius 1 is 0.968 bits per heavy atom. The number of rotatable bonds is 6. The van der Waals surface area contributed by atoms with Gasteiger partial charge in [0, 0.05) is 18.3 Å². The largest absolute Gasteiger partial charge is 0.487 e. The van der Waals surface area contributed by atoms with Crippen molar-refractivity contribution in [2.75, 3.05) is 4.72 Å². The third-order valence-electron chi connectivity index (χ3n) is 4.66. The van der Waals surface area contributed by atoms with E-state index in [0.717, 1.165) is 11.1 Å². The van der Waals surface area contributed by atoms with Crippen molar-refractivity contribution in [3.63, 3.8) is 0 Å². The van der Waals surface area contributed by atoms with Crippen molar-refractivity contribution in [3.05, 3.63) is 100 Å². The highest BCUT2D eigenvalue weighted by Crippen LogP contribution is 2.22.